The third-order valence-corrected chi connectivity index (χ3v) is 4.24. The normalized spacial score (nSPS) is 28.9. The van der Waals surface area contributed by atoms with E-state index in [4.69, 9.17) is 5.11 Å². The highest BCUT2D eigenvalue weighted by Crippen LogP contribution is 2.46. The molecule has 1 atom stereocenters. The second kappa shape index (κ2) is 4.68. The number of alkyl halides is 3. The van der Waals surface area contributed by atoms with Crippen LogP contribution in [0.4, 0.5) is 13.2 Å². The van der Waals surface area contributed by atoms with Crippen molar-refractivity contribution in [3.8, 4) is 0 Å². The zero-order valence-electron chi connectivity index (χ0n) is 10.4. The lowest BCUT2D eigenvalue weighted by Crippen LogP contribution is -2.48. The summed E-state index contributed by atoms with van der Waals surface area (Å²) in [5.74, 6) is -2.43. The molecule has 0 aromatic rings. The lowest BCUT2D eigenvalue weighted by Gasteiger charge is -2.28. The van der Waals surface area contributed by atoms with Gasteiger partial charge in [-0.15, -0.1) is 0 Å². The fourth-order valence-electron chi connectivity index (χ4n) is 2.96. The van der Waals surface area contributed by atoms with Gasteiger partial charge in [-0.05, 0) is 19.3 Å². The number of carbonyl (C=O) groups is 2. The third-order valence-electron chi connectivity index (χ3n) is 4.24. The van der Waals surface area contributed by atoms with Crippen molar-refractivity contribution in [1.82, 2.24) is 4.90 Å². The number of aliphatic carboxylic acids is 1. The van der Waals surface area contributed by atoms with Crippen LogP contribution in [0.5, 0.6) is 0 Å². The number of rotatable bonds is 2. The Bertz CT molecular complexity index is 390. The average molecular weight is 279 g/mol. The van der Waals surface area contributed by atoms with E-state index in [1.54, 1.807) is 0 Å². The zero-order valence-corrected chi connectivity index (χ0v) is 10.4. The van der Waals surface area contributed by atoms with Crippen LogP contribution in [0.3, 0.4) is 0 Å². The second-order valence-electron chi connectivity index (χ2n) is 5.38. The summed E-state index contributed by atoms with van der Waals surface area (Å²) in [4.78, 5) is 24.1. The van der Waals surface area contributed by atoms with E-state index in [-0.39, 0.29) is 18.4 Å². The summed E-state index contributed by atoms with van der Waals surface area (Å²) in [6.45, 7) is -0.873. The van der Waals surface area contributed by atoms with Gasteiger partial charge in [-0.3, -0.25) is 9.59 Å². The molecule has 0 bridgehead atoms. The fraction of sp³-hybridized carbons (Fsp3) is 0.833. The van der Waals surface area contributed by atoms with Gasteiger partial charge in [0.15, 0.2) is 5.41 Å². The van der Waals surface area contributed by atoms with Crippen LogP contribution in [0.2, 0.25) is 0 Å². The molecule has 2 fully saturated rings. The number of carboxylic acids is 1. The maximum atomic E-state index is 13.0. The molecule has 1 unspecified atom stereocenters. The Morgan fingerprint density at radius 2 is 1.79 bits per heavy atom. The zero-order chi connectivity index (χ0) is 14.3. The van der Waals surface area contributed by atoms with Crippen molar-refractivity contribution < 1.29 is 27.9 Å². The van der Waals surface area contributed by atoms with Crippen molar-refractivity contribution in [2.75, 3.05) is 13.1 Å². The number of hydrogen-bond donors (Lipinski definition) is 1. The maximum absolute atomic E-state index is 13.0. The van der Waals surface area contributed by atoms with Crippen LogP contribution in [0.25, 0.3) is 0 Å². The minimum Gasteiger partial charge on any atom is -0.481 e. The molecule has 0 spiro atoms. The van der Waals surface area contributed by atoms with Crippen LogP contribution in [-0.4, -0.2) is 41.1 Å². The Morgan fingerprint density at radius 3 is 2.21 bits per heavy atom. The highest BCUT2D eigenvalue weighted by Gasteiger charge is 2.64. The van der Waals surface area contributed by atoms with Gasteiger partial charge in [0, 0.05) is 19.0 Å². The molecule has 1 aliphatic carbocycles. The Balaban J connectivity index is 2.13. The predicted molar refractivity (Wildman–Crippen MR) is 59.3 cm³/mol. The van der Waals surface area contributed by atoms with E-state index in [1.807, 2.05) is 0 Å². The van der Waals surface area contributed by atoms with Crippen LogP contribution < -0.4 is 0 Å². The van der Waals surface area contributed by atoms with Gasteiger partial charge in [-0.2, -0.15) is 13.2 Å². The van der Waals surface area contributed by atoms with Gasteiger partial charge in [0.25, 0.3) is 0 Å². The Labute approximate surface area is 108 Å². The molecular formula is C12H16F3NO3. The van der Waals surface area contributed by atoms with Crippen LogP contribution >= 0.6 is 0 Å². The quantitative estimate of drug-likeness (QED) is 0.841. The van der Waals surface area contributed by atoms with E-state index in [1.165, 1.54) is 0 Å². The van der Waals surface area contributed by atoms with E-state index in [2.05, 4.69) is 0 Å². The number of carboxylic acid groups (broad SMARTS) is 1. The van der Waals surface area contributed by atoms with Gasteiger partial charge in [0.05, 0.1) is 0 Å². The first-order valence-electron chi connectivity index (χ1n) is 6.37. The number of halogens is 3. The standard InChI is InChI=1S/C12H16F3NO3/c13-12(14,15)11(10(18)19)5-6-16(7-11)9(17)8-3-1-2-4-8/h8H,1-7H2,(H,18,19). The summed E-state index contributed by atoms with van der Waals surface area (Å²) in [5.41, 5.74) is -2.79. The molecule has 0 aromatic carbocycles. The van der Waals surface area contributed by atoms with Crippen LogP contribution in [-0.2, 0) is 9.59 Å². The number of hydrogen-bond acceptors (Lipinski definition) is 2. The van der Waals surface area contributed by atoms with Crippen molar-refractivity contribution in [2.24, 2.45) is 11.3 Å². The number of carbonyl (C=O) groups excluding carboxylic acids is 1. The molecule has 1 N–H and O–H groups in total. The summed E-state index contributed by atoms with van der Waals surface area (Å²) in [5, 5.41) is 8.91. The average Bonchev–Trinajstić information content (AvgIpc) is 2.97. The minimum atomic E-state index is -4.83. The van der Waals surface area contributed by atoms with Crippen molar-refractivity contribution in [3.05, 3.63) is 0 Å². The predicted octanol–water partition coefficient (Wildman–Crippen LogP) is 2.04. The topological polar surface area (TPSA) is 57.6 Å². The molecule has 1 amide bonds. The number of likely N-dealkylation sites (tertiary alicyclic amines) is 1. The molecule has 1 heterocycles. The highest BCUT2D eigenvalue weighted by atomic mass is 19.4. The van der Waals surface area contributed by atoms with Gasteiger partial charge < -0.3 is 10.0 Å². The monoisotopic (exact) mass is 279 g/mol. The van der Waals surface area contributed by atoms with E-state index >= 15 is 0 Å². The van der Waals surface area contributed by atoms with Crippen molar-refractivity contribution in [3.63, 3.8) is 0 Å². The fourth-order valence-corrected chi connectivity index (χ4v) is 2.96. The largest absolute Gasteiger partial charge is 0.481 e. The summed E-state index contributed by atoms with van der Waals surface area (Å²) in [6, 6.07) is 0. The molecular weight excluding hydrogens is 263 g/mol. The van der Waals surface area contributed by atoms with Gasteiger partial charge >= 0.3 is 12.1 Å². The summed E-state index contributed by atoms with van der Waals surface area (Å²) in [6.07, 6.45) is -2.17. The molecule has 19 heavy (non-hydrogen) atoms. The first-order chi connectivity index (χ1) is 8.78. The van der Waals surface area contributed by atoms with Gasteiger partial charge in [-0.25, -0.2) is 0 Å². The lowest BCUT2D eigenvalue weighted by atomic mass is 9.86. The van der Waals surface area contributed by atoms with Crippen molar-refractivity contribution >= 4 is 11.9 Å². The summed E-state index contributed by atoms with van der Waals surface area (Å²) < 4.78 is 38.9. The Morgan fingerprint density at radius 1 is 1.21 bits per heavy atom. The third kappa shape index (κ3) is 2.30. The molecule has 1 saturated carbocycles. The van der Waals surface area contributed by atoms with E-state index in [0.717, 1.165) is 17.7 Å². The van der Waals surface area contributed by atoms with E-state index in [9.17, 15) is 22.8 Å². The van der Waals surface area contributed by atoms with Gasteiger partial charge in [0.1, 0.15) is 0 Å². The van der Waals surface area contributed by atoms with Gasteiger partial charge in [-0.1, -0.05) is 12.8 Å². The van der Waals surface area contributed by atoms with Gasteiger partial charge in [0.2, 0.25) is 5.91 Å². The van der Waals surface area contributed by atoms with E-state index in [0.29, 0.717) is 12.8 Å². The molecule has 2 aliphatic rings. The van der Waals surface area contributed by atoms with Crippen LogP contribution in [0.1, 0.15) is 32.1 Å². The molecule has 2 rings (SSSR count). The SMILES string of the molecule is O=C(C1CCCC1)N1CCC(C(=O)O)(C(F)(F)F)C1. The Kier molecular flexibility index (Phi) is 3.49. The molecule has 4 nitrogen and oxygen atoms in total. The molecule has 0 aromatic heterocycles. The number of amides is 1. The molecule has 1 saturated heterocycles. The summed E-state index contributed by atoms with van der Waals surface area (Å²) >= 11 is 0. The van der Waals surface area contributed by atoms with Crippen LogP contribution in [0.15, 0.2) is 0 Å². The lowest BCUT2D eigenvalue weighted by molar-refractivity contribution is -0.227. The molecule has 0 radical (unpaired) electrons. The van der Waals surface area contributed by atoms with Crippen molar-refractivity contribution in [2.45, 2.75) is 38.3 Å². The first-order valence-corrected chi connectivity index (χ1v) is 6.37. The minimum absolute atomic E-state index is 0.124. The van der Waals surface area contributed by atoms with Crippen LogP contribution in [0, 0.1) is 11.3 Å². The van der Waals surface area contributed by atoms with Crippen molar-refractivity contribution in [1.29, 1.82) is 0 Å². The maximum Gasteiger partial charge on any atom is 0.406 e. The molecule has 7 heteroatoms. The second-order valence-corrected chi connectivity index (χ2v) is 5.38. The highest BCUT2D eigenvalue weighted by molar-refractivity contribution is 5.82. The Hall–Kier alpha value is -1.27. The smallest absolute Gasteiger partial charge is 0.406 e. The van der Waals surface area contributed by atoms with E-state index < -0.39 is 30.5 Å². The number of nitrogens with zero attached hydrogens (tertiary/aromatic N) is 1. The molecule has 1 aliphatic heterocycles. The summed E-state index contributed by atoms with van der Waals surface area (Å²) in [7, 11) is 0. The first kappa shape index (κ1) is 14.1. The molecule has 108 valence electrons.